The highest BCUT2D eigenvalue weighted by molar-refractivity contribution is 5.95. The molecular weight excluding hydrogens is 450 g/mol. The number of nitrogens with two attached hydrogens (primary N) is 2. The van der Waals surface area contributed by atoms with Gasteiger partial charge in [0, 0.05) is 12.8 Å². The second-order valence-corrected chi connectivity index (χ2v) is 6.85. The van der Waals surface area contributed by atoms with E-state index in [0.29, 0.717) is 0 Å². The summed E-state index contributed by atoms with van der Waals surface area (Å²) in [5.74, 6) is -8.46. The SMILES string of the molecule is NC(=O)CCC(NC(=O)C(N)CCC(=O)O)C(=O)NC(CO)C(=O)NC(CC(=O)O)C(=O)O. The number of rotatable bonds is 16. The van der Waals surface area contributed by atoms with E-state index in [2.05, 4.69) is 5.32 Å². The molecule has 0 aromatic heterocycles. The van der Waals surface area contributed by atoms with Crippen molar-refractivity contribution in [2.24, 2.45) is 11.5 Å². The molecule has 33 heavy (non-hydrogen) atoms. The lowest BCUT2D eigenvalue weighted by molar-refractivity contribution is -0.147. The van der Waals surface area contributed by atoms with E-state index < -0.39 is 85.2 Å². The summed E-state index contributed by atoms with van der Waals surface area (Å²) in [5.41, 5.74) is 10.6. The maximum absolute atomic E-state index is 12.5. The van der Waals surface area contributed by atoms with E-state index in [9.17, 15) is 38.7 Å². The van der Waals surface area contributed by atoms with Crippen molar-refractivity contribution >= 4 is 41.5 Å². The van der Waals surface area contributed by atoms with E-state index in [1.54, 1.807) is 0 Å². The predicted octanol–water partition coefficient (Wildman–Crippen LogP) is -4.55. The third-order valence-corrected chi connectivity index (χ3v) is 4.13. The molecule has 0 rings (SSSR count). The smallest absolute Gasteiger partial charge is 0.326 e. The van der Waals surface area contributed by atoms with Gasteiger partial charge in [0.2, 0.25) is 23.6 Å². The Morgan fingerprint density at radius 1 is 0.697 bits per heavy atom. The number of nitrogens with one attached hydrogen (secondary N) is 3. The second-order valence-electron chi connectivity index (χ2n) is 6.85. The lowest BCUT2D eigenvalue weighted by atomic mass is 10.1. The zero-order chi connectivity index (χ0) is 25.7. The van der Waals surface area contributed by atoms with Crippen LogP contribution < -0.4 is 27.4 Å². The van der Waals surface area contributed by atoms with Crippen LogP contribution in [0, 0.1) is 0 Å². The summed E-state index contributed by atoms with van der Waals surface area (Å²) in [6.07, 6.45) is -2.38. The van der Waals surface area contributed by atoms with E-state index >= 15 is 0 Å². The van der Waals surface area contributed by atoms with Crippen LogP contribution in [0.25, 0.3) is 0 Å². The Morgan fingerprint density at radius 3 is 1.67 bits per heavy atom. The number of carbonyl (C=O) groups excluding carboxylic acids is 4. The zero-order valence-electron chi connectivity index (χ0n) is 17.4. The molecule has 4 amide bonds. The lowest BCUT2D eigenvalue weighted by Gasteiger charge is -2.24. The Morgan fingerprint density at radius 2 is 1.21 bits per heavy atom. The van der Waals surface area contributed by atoms with Crippen LogP contribution in [0.15, 0.2) is 0 Å². The van der Waals surface area contributed by atoms with Crippen molar-refractivity contribution in [1.82, 2.24) is 16.0 Å². The summed E-state index contributed by atoms with van der Waals surface area (Å²) >= 11 is 0. The molecule has 0 aliphatic rings. The van der Waals surface area contributed by atoms with Crippen LogP contribution in [-0.4, -0.2) is 92.7 Å². The molecule has 186 valence electrons. The van der Waals surface area contributed by atoms with Gasteiger partial charge < -0.3 is 47.8 Å². The summed E-state index contributed by atoms with van der Waals surface area (Å²) in [4.78, 5) is 80.3. The number of aliphatic carboxylic acids is 3. The molecule has 4 unspecified atom stereocenters. The van der Waals surface area contributed by atoms with Crippen LogP contribution in [0.1, 0.15) is 32.1 Å². The highest BCUT2D eigenvalue weighted by atomic mass is 16.4. The summed E-state index contributed by atoms with van der Waals surface area (Å²) in [7, 11) is 0. The highest BCUT2D eigenvalue weighted by Gasteiger charge is 2.31. The van der Waals surface area contributed by atoms with Crippen molar-refractivity contribution in [1.29, 1.82) is 0 Å². The molecule has 0 spiro atoms. The van der Waals surface area contributed by atoms with Gasteiger partial charge >= 0.3 is 17.9 Å². The average Bonchev–Trinajstić information content (AvgIpc) is 2.71. The fraction of sp³-hybridized carbons (Fsp3) is 0.588. The minimum atomic E-state index is -1.85. The van der Waals surface area contributed by atoms with Gasteiger partial charge in [-0.15, -0.1) is 0 Å². The average molecular weight is 477 g/mol. The van der Waals surface area contributed by atoms with Crippen molar-refractivity contribution in [2.45, 2.75) is 56.3 Å². The van der Waals surface area contributed by atoms with Gasteiger partial charge in [-0.2, -0.15) is 0 Å². The molecule has 4 atom stereocenters. The number of hydrogen-bond donors (Lipinski definition) is 9. The first-order chi connectivity index (χ1) is 15.3. The van der Waals surface area contributed by atoms with Gasteiger partial charge in [-0.05, 0) is 12.8 Å². The molecule has 0 fully saturated rings. The zero-order valence-corrected chi connectivity index (χ0v) is 17.4. The monoisotopic (exact) mass is 477 g/mol. The third-order valence-electron chi connectivity index (χ3n) is 4.13. The Kier molecular flexibility index (Phi) is 12.7. The largest absolute Gasteiger partial charge is 0.481 e. The quantitative estimate of drug-likeness (QED) is 0.101. The van der Waals surface area contributed by atoms with Crippen LogP contribution in [-0.2, 0) is 33.6 Å². The predicted molar refractivity (Wildman–Crippen MR) is 106 cm³/mol. The number of hydrogen-bond acceptors (Lipinski definition) is 9. The first-order valence-corrected chi connectivity index (χ1v) is 9.50. The van der Waals surface area contributed by atoms with Crippen molar-refractivity contribution in [3.8, 4) is 0 Å². The van der Waals surface area contributed by atoms with Crippen LogP contribution >= 0.6 is 0 Å². The standard InChI is InChI=1S/C17H27N5O11/c18-7(1-4-12(25)26)14(29)20-8(2-3-11(19)24)15(30)22-10(6-23)16(31)21-9(17(32)33)5-13(27)28/h7-10,23H,1-6,18H2,(H2,19,24)(H,20,29)(H,21,31)(H,22,30)(H,25,26)(H,27,28)(H,32,33). The first kappa shape index (κ1) is 29.2. The molecule has 0 aromatic rings. The molecule has 11 N–H and O–H groups in total. The van der Waals surface area contributed by atoms with Crippen molar-refractivity contribution in [2.75, 3.05) is 6.61 Å². The fourth-order valence-electron chi connectivity index (χ4n) is 2.36. The third kappa shape index (κ3) is 12.0. The van der Waals surface area contributed by atoms with Gasteiger partial charge in [-0.25, -0.2) is 4.79 Å². The van der Waals surface area contributed by atoms with Crippen molar-refractivity contribution < 1.29 is 54.0 Å². The number of carboxylic acids is 3. The molecule has 0 aliphatic carbocycles. The van der Waals surface area contributed by atoms with Gasteiger partial charge in [0.1, 0.15) is 18.1 Å². The Hall–Kier alpha value is -3.79. The van der Waals surface area contributed by atoms with Crippen LogP contribution in [0.4, 0.5) is 0 Å². The molecule has 0 aromatic carbocycles. The normalized spacial score (nSPS) is 14.1. The number of primary amides is 1. The minimum absolute atomic E-state index is 0.257. The van der Waals surface area contributed by atoms with E-state index in [0.717, 1.165) is 0 Å². The number of aliphatic hydroxyl groups excluding tert-OH is 1. The molecule has 16 nitrogen and oxygen atoms in total. The van der Waals surface area contributed by atoms with E-state index in [1.807, 2.05) is 10.6 Å². The summed E-state index contributed by atoms with van der Waals surface area (Å²) in [6.45, 7) is -1.02. The molecule has 0 heterocycles. The first-order valence-electron chi connectivity index (χ1n) is 9.50. The lowest BCUT2D eigenvalue weighted by Crippen LogP contribution is -2.58. The van der Waals surface area contributed by atoms with Crippen LogP contribution in [0.5, 0.6) is 0 Å². The Labute approximate surface area is 186 Å². The van der Waals surface area contributed by atoms with E-state index in [1.165, 1.54) is 0 Å². The fourth-order valence-corrected chi connectivity index (χ4v) is 2.36. The van der Waals surface area contributed by atoms with Crippen LogP contribution in [0.2, 0.25) is 0 Å². The Bertz CT molecular complexity index is 772. The number of aliphatic hydroxyl groups is 1. The van der Waals surface area contributed by atoms with Gasteiger partial charge in [-0.1, -0.05) is 0 Å². The molecule has 0 bridgehead atoms. The number of carboxylic acid groups (broad SMARTS) is 3. The summed E-state index contributed by atoms with van der Waals surface area (Å²) < 4.78 is 0. The molecule has 0 aliphatic heterocycles. The van der Waals surface area contributed by atoms with E-state index in [-0.39, 0.29) is 19.3 Å². The number of amides is 4. The summed E-state index contributed by atoms with van der Waals surface area (Å²) in [5, 5.41) is 41.8. The Balaban J connectivity index is 5.31. The molecule has 0 radical (unpaired) electrons. The van der Waals surface area contributed by atoms with Gasteiger partial charge in [-0.3, -0.25) is 28.8 Å². The number of carbonyl (C=O) groups is 7. The van der Waals surface area contributed by atoms with E-state index in [4.69, 9.17) is 26.8 Å². The topological polar surface area (TPSA) is 289 Å². The maximum Gasteiger partial charge on any atom is 0.326 e. The molecule has 0 saturated carbocycles. The molecular formula is C17H27N5O11. The highest BCUT2D eigenvalue weighted by Crippen LogP contribution is 2.02. The minimum Gasteiger partial charge on any atom is -0.481 e. The van der Waals surface area contributed by atoms with Gasteiger partial charge in [0.05, 0.1) is 19.1 Å². The van der Waals surface area contributed by atoms with Gasteiger partial charge in [0.25, 0.3) is 0 Å². The van der Waals surface area contributed by atoms with Crippen molar-refractivity contribution in [3.63, 3.8) is 0 Å². The molecule has 0 saturated heterocycles. The summed E-state index contributed by atoms with van der Waals surface area (Å²) in [6, 6.07) is -6.37. The maximum atomic E-state index is 12.5. The van der Waals surface area contributed by atoms with Crippen molar-refractivity contribution in [3.05, 3.63) is 0 Å². The second kappa shape index (κ2) is 14.3. The van der Waals surface area contributed by atoms with Crippen LogP contribution in [0.3, 0.4) is 0 Å². The van der Waals surface area contributed by atoms with Gasteiger partial charge in [0.15, 0.2) is 0 Å². The molecule has 16 heteroatoms.